The number of nitrogens with zero attached hydrogens (tertiary/aromatic N) is 2. The van der Waals surface area contributed by atoms with E-state index in [0.29, 0.717) is 6.54 Å². The van der Waals surface area contributed by atoms with Gasteiger partial charge >= 0.3 is 0 Å². The Kier molecular flexibility index (Phi) is 9.59. The molecule has 0 saturated heterocycles. The summed E-state index contributed by atoms with van der Waals surface area (Å²) >= 11 is 12.3. The van der Waals surface area contributed by atoms with Crippen molar-refractivity contribution >= 4 is 50.7 Å². The van der Waals surface area contributed by atoms with Crippen molar-refractivity contribution in [3.8, 4) is 0 Å². The maximum absolute atomic E-state index is 13.8. The third kappa shape index (κ3) is 7.03. The number of aryl methyl sites for hydroxylation is 1. The normalized spacial score (nSPS) is 12.0. The van der Waals surface area contributed by atoms with Crippen molar-refractivity contribution in [1.82, 2.24) is 10.2 Å². The maximum Gasteiger partial charge on any atom is 0.264 e. The van der Waals surface area contributed by atoms with Crippen molar-refractivity contribution in [3.63, 3.8) is 0 Å². The Morgan fingerprint density at radius 1 is 0.946 bits per heavy atom. The molecule has 0 saturated carbocycles. The number of hydrogen-bond acceptors (Lipinski definition) is 4. The predicted octanol–water partition coefficient (Wildman–Crippen LogP) is 5.05. The number of carbonyl (C=O) groups excluding carboxylic acids is 2. The van der Waals surface area contributed by atoms with Crippen LogP contribution in [-0.4, -0.2) is 44.3 Å². The molecule has 0 aliphatic carbocycles. The molecule has 7 nitrogen and oxygen atoms in total. The van der Waals surface area contributed by atoms with Gasteiger partial charge in [-0.1, -0.05) is 71.2 Å². The second-order valence-electron chi connectivity index (χ2n) is 8.50. The Hall–Kier alpha value is -3.07. The van der Waals surface area contributed by atoms with Crippen LogP contribution in [0, 0.1) is 6.92 Å². The molecule has 1 N–H and O–H groups in total. The van der Waals surface area contributed by atoms with Crippen molar-refractivity contribution in [2.75, 3.05) is 17.4 Å². The summed E-state index contributed by atoms with van der Waals surface area (Å²) in [4.78, 5) is 27.8. The number of carbonyl (C=O) groups is 2. The second-order valence-corrected chi connectivity index (χ2v) is 11.2. The number of sulfonamides is 1. The lowest BCUT2D eigenvalue weighted by Crippen LogP contribution is -2.51. The Balaban J connectivity index is 2.04. The molecule has 0 spiro atoms. The first-order chi connectivity index (χ1) is 17.5. The summed E-state index contributed by atoms with van der Waals surface area (Å²) in [7, 11) is -4.17. The fourth-order valence-corrected chi connectivity index (χ4v) is 5.39. The first-order valence-corrected chi connectivity index (χ1v) is 13.9. The number of halogens is 2. The summed E-state index contributed by atoms with van der Waals surface area (Å²) < 4.78 is 28.5. The monoisotopic (exact) mass is 561 g/mol. The van der Waals surface area contributed by atoms with E-state index >= 15 is 0 Å². The van der Waals surface area contributed by atoms with Gasteiger partial charge in [-0.25, -0.2) is 8.42 Å². The number of hydrogen-bond donors (Lipinski definition) is 1. The Morgan fingerprint density at radius 3 is 2.19 bits per heavy atom. The maximum atomic E-state index is 13.8. The molecule has 3 aromatic rings. The molecule has 0 bridgehead atoms. The van der Waals surface area contributed by atoms with E-state index in [1.165, 1.54) is 35.2 Å². The third-order valence-corrected chi connectivity index (χ3v) is 8.32. The summed E-state index contributed by atoms with van der Waals surface area (Å²) in [6.07, 6.45) is 0. The Bertz CT molecular complexity index is 1350. The summed E-state index contributed by atoms with van der Waals surface area (Å²) in [5.41, 5.74) is 1.86. The van der Waals surface area contributed by atoms with E-state index in [1.54, 1.807) is 26.0 Å². The summed E-state index contributed by atoms with van der Waals surface area (Å²) in [5, 5.41) is 3.13. The topological polar surface area (TPSA) is 86.8 Å². The molecule has 1 atom stereocenters. The average molecular weight is 563 g/mol. The minimum absolute atomic E-state index is 0.0170. The van der Waals surface area contributed by atoms with Gasteiger partial charge in [0.15, 0.2) is 0 Å². The first kappa shape index (κ1) is 28.5. The SMILES string of the molecule is CCNC(=O)C(C)N(Cc1ccccc1)C(=O)CN(c1ccc(Cl)c(Cl)c1)S(=O)(=O)c1ccc(C)cc1. The lowest BCUT2D eigenvalue weighted by Gasteiger charge is -2.32. The van der Waals surface area contributed by atoms with Gasteiger partial charge in [0.2, 0.25) is 11.8 Å². The van der Waals surface area contributed by atoms with Gasteiger partial charge in [-0.05, 0) is 56.7 Å². The highest BCUT2D eigenvalue weighted by Crippen LogP contribution is 2.31. The third-order valence-electron chi connectivity index (χ3n) is 5.79. The van der Waals surface area contributed by atoms with Gasteiger partial charge in [0.1, 0.15) is 12.6 Å². The van der Waals surface area contributed by atoms with E-state index in [2.05, 4.69) is 5.32 Å². The molecule has 2 amide bonds. The van der Waals surface area contributed by atoms with Crippen LogP contribution in [-0.2, 0) is 26.2 Å². The fourth-order valence-electron chi connectivity index (χ4n) is 3.69. The van der Waals surface area contributed by atoms with Gasteiger partial charge in [0.25, 0.3) is 10.0 Å². The van der Waals surface area contributed by atoms with Crippen LogP contribution >= 0.6 is 23.2 Å². The van der Waals surface area contributed by atoms with Crippen LogP contribution in [0.1, 0.15) is 25.0 Å². The number of nitrogens with one attached hydrogen (secondary N) is 1. The average Bonchev–Trinajstić information content (AvgIpc) is 2.88. The molecule has 0 radical (unpaired) electrons. The Morgan fingerprint density at radius 2 is 1.59 bits per heavy atom. The molecule has 196 valence electrons. The van der Waals surface area contributed by atoms with Crippen LogP contribution in [0.5, 0.6) is 0 Å². The van der Waals surface area contributed by atoms with E-state index in [4.69, 9.17) is 23.2 Å². The van der Waals surface area contributed by atoms with E-state index in [1.807, 2.05) is 37.3 Å². The fraction of sp³-hybridized carbons (Fsp3) is 0.259. The van der Waals surface area contributed by atoms with Crippen molar-refractivity contribution in [1.29, 1.82) is 0 Å². The number of likely N-dealkylation sites (N-methyl/N-ethyl adjacent to an activating group) is 1. The number of anilines is 1. The highest BCUT2D eigenvalue weighted by molar-refractivity contribution is 7.92. The minimum Gasteiger partial charge on any atom is -0.355 e. The predicted molar refractivity (Wildman–Crippen MR) is 147 cm³/mol. The lowest BCUT2D eigenvalue weighted by molar-refractivity contribution is -0.139. The molecule has 0 heterocycles. The van der Waals surface area contributed by atoms with Crippen LogP contribution < -0.4 is 9.62 Å². The number of rotatable bonds is 10. The van der Waals surface area contributed by atoms with Crippen molar-refractivity contribution in [3.05, 3.63) is 94.0 Å². The van der Waals surface area contributed by atoms with Gasteiger partial charge in [0.05, 0.1) is 20.6 Å². The van der Waals surface area contributed by atoms with Gasteiger partial charge in [-0.15, -0.1) is 0 Å². The van der Waals surface area contributed by atoms with Crippen LogP contribution in [0.15, 0.2) is 77.7 Å². The molecule has 10 heteroatoms. The molecule has 1 unspecified atom stereocenters. The quantitative estimate of drug-likeness (QED) is 0.375. The Labute approximate surface area is 228 Å². The molecule has 3 aromatic carbocycles. The van der Waals surface area contributed by atoms with Crippen molar-refractivity contribution in [2.24, 2.45) is 0 Å². The highest BCUT2D eigenvalue weighted by atomic mass is 35.5. The van der Waals surface area contributed by atoms with Crippen LogP contribution in [0.4, 0.5) is 5.69 Å². The zero-order valence-electron chi connectivity index (χ0n) is 20.8. The minimum atomic E-state index is -4.17. The van der Waals surface area contributed by atoms with Crippen molar-refractivity contribution < 1.29 is 18.0 Å². The van der Waals surface area contributed by atoms with Gasteiger partial charge in [-0.2, -0.15) is 0 Å². The van der Waals surface area contributed by atoms with Crippen LogP contribution in [0.25, 0.3) is 0 Å². The lowest BCUT2D eigenvalue weighted by atomic mass is 10.1. The summed E-state index contributed by atoms with van der Waals surface area (Å²) in [5.74, 6) is -0.890. The molecule has 0 aliphatic heterocycles. The second kappa shape index (κ2) is 12.4. The van der Waals surface area contributed by atoms with Crippen LogP contribution in [0.2, 0.25) is 10.0 Å². The van der Waals surface area contributed by atoms with Gasteiger partial charge in [-0.3, -0.25) is 13.9 Å². The zero-order chi connectivity index (χ0) is 27.2. The van der Waals surface area contributed by atoms with Crippen LogP contribution in [0.3, 0.4) is 0 Å². The molecule has 0 aliphatic rings. The summed E-state index contributed by atoms with van der Waals surface area (Å²) in [6.45, 7) is 5.22. The van der Waals surface area contributed by atoms with Gasteiger partial charge < -0.3 is 10.2 Å². The first-order valence-electron chi connectivity index (χ1n) is 11.7. The van der Waals surface area contributed by atoms with E-state index in [0.717, 1.165) is 15.4 Å². The van der Waals surface area contributed by atoms with E-state index < -0.39 is 28.5 Å². The number of benzene rings is 3. The zero-order valence-corrected chi connectivity index (χ0v) is 23.1. The van der Waals surface area contributed by atoms with Gasteiger partial charge in [0, 0.05) is 13.1 Å². The highest BCUT2D eigenvalue weighted by Gasteiger charge is 2.32. The van der Waals surface area contributed by atoms with E-state index in [-0.39, 0.29) is 33.1 Å². The van der Waals surface area contributed by atoms with E-state index in [9.17, 15) is 18.0 Å². The molecule has 0 aromatic heterocycles. The molecular formula is C27H29Cl2N3O4S. The summed E-state index contributed by atoms with van der Waals surface area (Å²) in [6, 6.07) is 19.0. The standard InChI is InChI=1S/C27H29Cl2N3O4S/c1-4-30-27(34)20(3)31(17-21-8-6-5-7-9-21)26(33)18-32(22-12-15-24(28)25(29)16-22)37(35,36)23-13-10-19(2)11-14-23/h5-16,20H,4,17-18H2,1-3H3,(H,30,34). The number of amides is 2. The smallest absolute Gasteiger partial charge is 0.264 e. The molecule has 37 heavy (non-hydrogen) atoms. The largest absolute Gasteiger partial charge is 0.355 e. The molecule has 3 rings (SSSR count). The molecular weight excluding hydrogens is 533 g/mol. The molecule has 0 fully saturated rings. The van der Waals surface area contributed by atoms with Crippen molar-refractivity contribution in [2.45, 2.75) is 38.3 Å².